The summed E-state index contributed by atoms with van der Waals surface area (Å²) < 4.78 is 1.52. The second kappa shape index (κ2) is 5.48. The molecule has 0 spiro atoms. The second-order valence-electron chi connectivity index (χ2n) is 5.78. The summed E-state index contributed by atoms with van der Waals surface area (Å²) in [4.78, 5) is 3.17. The maximum atomic E-state index is 3.80. The molecule has 2 aliphatic rings. The minimum absolute atomic E-state index is 0.546. The van der Waals surface area contributed by atoms with Crippen molar-refractivity contribution in [3.8, 4) is 0 Å². The highest BCUT2D eigenvalue weighted by molar-refractivity contribution is 8.01. The van der Waals surface area contributed by atoms with Gasteiger partial charge in [0.15, 0.2) is 0 Å². The van der Waals surface area contributed by atoms with Crippen LogP contribution in [0.1, 0.15) is 46.7 Å². The van der Waals surface area contributed by atoms with Crippen LogP contribution in [-0.4, -0.2) is 5.25 Å². The molecule has 2 aromatic rings. The van der Waals surface area contributed by atoms with Crippen molar-refractivity contribution < 1.29 is 0 Å². The lowest BCUT2D eigenvalue weighted by atomic mass is 10.0. The molecule has 0 aromatic carbocycles. The highest BCUT2D eigenvalue weighted by atomic mass is 32.2. The Balaban J connectivity index is 1.47. The average molecular weight is 322 g/mol. The van der Waals surface area contributed by atoms with Gasteiger partial charge in [0.05, 0.1) is 4.21 Å². The molecule has 4 heteroatoms. The molecule has 1 unspecified atom stereocenters. The second-order valence-corrected chi connectivity index (χ2v) is 9.62. The molecule has 0 fully saturated rings. The Labute approximate surface area is 132 Å². The van der Waals surface area contributed by atoms with Gasteiger partial charge < -0.3 is 5.32 Å². The number of rotatable bonds is 3. The summed E-state index contributed by atoms with van der Waals surface area (Å²) in [6.07, 6.45) is 5.23. The van der Waals surface area contributed by atoms with Gasteiger partial charge in [-0.05, 0) is 54.3 Å². The van der Waals surface area contributed by atoms with Crippen molar-refractivity contribution in [3.05, 3.63) is 38.4 Å². The van der Waals surface area contributed by atoms with Crippen LogP contribution in [0.25, 0.3) is 0 Å². The van der Waals surface area contributed by atoms with E-state index in [9.17, 15) is 0 Å². The fourth-order valence-corrected chi connectivity index (χ4v) is 7.02. The zero-order chi connectivity index (χ0) is 13.5. The van der Waals surface area contributed by atoms with Gasteiger partial charge in [0.25, 0.3) is 0 Å². The van der Waals surface area contributed by atoms with Crippen LogP contribution in [0.2, 0.25) is 0 Å². The summed E-state index contributed by atoms with van der Waals surface area (Å²) in [5, 5.41) is 6.77. The van der Waals surface area contributed by atoms with E-state index in [-0.39, 0.29) is 0 Å². The third-order valence-electron chi connectivity index (χ3n) is 4.23. The van der Waals surface area contributed by atoms with Gasteiger partial charge in [-0.3, -0.25) is 0 Å². The first-order chi connectivity index (χ1) is 9.79. The Bertz CT molecular complexity index is 592. The molecule has 4 rings (SSSR count). The van der Waals surface area contributed by atoms with Crippen molar-refractivity contribution in [3.63, 3.8) is 0 Å². The predicted octanol–water partition coefficient (Wildman–Crippen LogP) is 5.01. The van der Waals surface area contributed by atoms with Gasteiger partial charge in [0, 0.05) is 27.6 Å². The average Bonchev–Trinajstić information content (AvgIpc) is 3.09. The Morgan fingerprint density at radius 3 is 3.20 bits per heavy atom. The van der Waals surface area contributed by atoms with Crippen LogP contribution in [0, 0.1) is 0 Å². The summed E-state index contributed by atoms with van der Waals surface area (Å²) in [5.41, 5.74) is 3.15. The van der Waals surface area contributed by atoms with Gasteiger partial charge in [0.2, 0.25) is 0 Å². The first-order valence-corrected chi connectivity index (χ1v) is 9.95. The molecule has 1 nitrogen and oxygen atoms in total. The third kappa shape index (κ3) is 2.47. The fraction of sp³-hybridized carbons (Fsp3) is 0.500. The summed E-state index contributed by atoms with van der Waals surface area (Å²) >= 11 is 5.97. The van der Waals surface area contributed by atoms with Crippen molar-refractivity contribution in [1.29, 1.82) is 0 Å². The molecule has 0 saturated heterocycles. The number of nitrogens with one attached hydrogen (secondary N) is 1. The molecule has 1 aliphatic carbocycles. The van der Waals surface area contributed by atoms with E-state index in [2.05, 4.69) is 29.8 Å². The Morgan fingerprint density at radius 1 is 1.35 bits per heavy atom. The monoisotopic (exact) mass is 321 g/mol. The topological polar surface area (TPSA) is 12.0 Å². The molecule has 1 aliphatic heterocycles. The van der Waals surface area contributed by atoms with Gasteiger partial charge in [0.1, 0.15) is 0 Å². The molecule has 1 N–H and O–H groups in total. The van der Waals surface area contributed by atoms with E-state index in [1.54, 1.807) is 10.4 Å². The third-order valence-corrected chi connectivity index (χ3v) is 7.81. The van der Waals surface area contributed by atoms with Crippen LogP contribution in [-0.2, 0) is 19.4 Å². The number of thioether (sulfide) groups is 1. The maximum absolute atomic E-state index is 3.80. The maximum Gasteiger partial charge on any atom is 0.0649 e. The van der Waals surface area contributed by atoms with E-state index in [0.29, 0.717) is 6.04 Å². The predicted molar refractivity (Wildman–Crippen MR) is 90.2 cm³/mol. The lowest BCUT2D eigenvalue weighted by Crippen LogP contribution is -2.25. The van der Waals surface area contributed by atoms with Gasteiger partial charge in [-0.2, -0.15) is 0 Å². The number of hydrogen-bond acceptors (Lipinski definition) is 4. The molecular weight excluding hydrogens is 302 g/mol. The van der Waals surface area contributed by atoms with E-state index < -0.39 is 0 Å². The highest BCUT2D eigenvalue weighted by Crippen LogP contribution is 2.44. The van der Waals surface area contributed by atoms with Gasteiger partial charge >= 0.3 is 0 Å². The molecule has 2 aromatic heterocycles. The molecule has 3 heterocycles. The quantitative estimate of drug-likeness (QED) is 0.852. The molecule has 20 heavy (non-hydrogen) atoms. The van der Waals surface area contributed by atoms with Crippen LogP contribution in [0.3, 0.4) is 0 Å². The van der Waals surface area contributed by atoms with Gasteiger partial charge in [-0.25, -0.2) is 0 Å². The fourth-order valence-electron chi connectivity index (χ4n) is 3.24. The largest absolute Gasteiger partial charge is 0.305 e. The smallest absolute Gasteiger partial charge is 0.0649 e. The minimum atomic E-state index is 0.546. The summed E-state index contributed by atoms with van der Waals surface area (Å²) in [6.45, 7) is 3.39. The van der Waals surface area contributed by atoms with Crippen molar-refractivity contribution in [2.75, 3.05) is 0 Å². The molecule has 0 radical (unpaired) electrons. The van der Waals surface area contributed by atoms with E-state index in [1.807, 2.05) is 34.4 Å². The number of hydrogen-bond donors (Lipinski definition) is 1. The normalized spacial score (nSPS) is 24.6. The molecule has 106 valence electrons. The first kappa shape index (κ1) is 13.4. The zero-order valence-corrected chi connectivity index (χ0v) is 14.1. The van der Waals surface area contributed by atoms with Crippen molar-refractivity contribution >= 4 is 34.4 Å². The van der Waals surface area contributed by atoms with Crippen LogP contribution in [0.15, 0.2) is 21.7 Å². The summed E-state index contributed by atoms with van der Waals surface area (Å²) in [5.74, 6) is 0. The first-order valence-electron chi connectivity index (χ1n) is 7.37. The molecular formula is C16H19NS3. The Hall–Kier alpha value is -0.290. The molecule has 0 bridgehead atoms. The van der Waals surface area contributed by atoms with Gasteiger partial charge in [-0.15, -0.1) is 34.4 Å². The Kier molecular flexibility index (Phi) is 3.67. The SMILES string of the molecule is C[C@H]1CC(NCc2cc3c(s2)CCC3)c2ccsc2S1. The van der Waals surface area contributed by atoms with Crippen LogP contribution < -0.4 is 5.32 Å². The summed E-state index contributed by atoms with van der Waals surface area (Å²) in [7, 11) is 0. The Morgan fingerprint density at radius 2 is 2.30 bits per heavy atom. The van der Waals surface area contributed by atoms with Crippen molar-refractivity contribution in [2.45, 2.75) is 54.7 Å². The zero-order valence-electron chi connectivity index (χ0n) is 11.6. The van der Waals surface area contributed by atoms with E-state index in [4.69, 9.17) is 0 Å². The summed E-state index contributed by atoms with van der Waals surface area (Å²) in [6, 6.07) is 5.30. The molecule has 0 amide bonds. The molecule has 0 saturated carbocycles. The molecule has 2 atom stereocenters. The van der Waals surface area contributed by atoms with E-state index >= 15 is 0 Å². The van der Waals surface area contributed by atoms with E-state index in [1.165, 1.54) is 40.3 Å². The number of thiophene rings is 2. The lowest BCUT2D eigenvalue weighted by molar-refractivity contribution is 0.490. The number of fused-ring (bicyclic) bond motifs is 2. The standard InChI is InChI=1S/C16H19NS3/c1-10-7-14(13-5-6-18-16(13)19-10)17-9-12-8-11-3-2-4-15(11)20-12/h5-6,8,10,14,17H,2-4,7,9H2,1H3/t10-,14?/m0/s1. The van der Waals surface area contributed by atoms with E-state index in [0.717, 1.165) is 11.8 Å². The van der Waals surface area contributed by atoms with Crippen molar-refractivity contribution in [1.82, 2.24) is 5.32 Å². The lowest BCUT2D eigenvalue weighted by Gasteiger charge is -2.27. The number of aryl methyl sites for hydroxylation is 2. The minimum Gasteiger partial charge on any atom is -0.305 e. The van der Waals surface area contributed by atoms with Crippen LogP contribution in [0.5, 0.6) is 0 Å². The highest BCUT2D eigenvalue weighted by Gasteiger charge is 2.26. The van der Waals surface area contributed by atoms with Gasteiger partial charge in [-0.1, -0.05) is 6.92 Å². The van der Waals surface area contributed by atoms with Crippen LogP contribution >= 0.6 is 34.4 Å². The van der Waals surface area contributed by atoms with Crippen LogP contribution in [0.4, 0.5) is 0 Å². The van der Waals surface area contributed by atoms with Crippen molar-refractivity contribution in [2.24, 2.45) is 0 Å².